The first-order valence-corrected chi connectivity index (χ1v) is 10.7. The summed E-state index contributed by atoms with van der Waals surface area (Å²) in [5, 5.41) is 4.33. The Morgan fingerprint density at radius 1 is 0.812 bits per heavy atom. The number of hydrogen-bond donors (Lipinski definition) is 1. The Balaban J connectivity index is 1.33. The number of anilines is 1. The molecule has 1 heterocycles. The van der Waals surface area contributed by atoms with Gasteiger partial charge in [-0.25, -0.2) is 0 Å². The van der Waals surface area contributed by atoms with Crippen molar-refractivity contribution in [1.29, 1.82) is 0 Å². The van der Waals surface area contributed by atoms with Crippen molar-refractivity contribution in [3.63, 3.8) is 0 Å². The number of ketones is 3. The van der Waals surface area contributed by atoms with Gasteiger partial charge in [-0.15, -0.1) is 11.3 Å². The molecular formula is C24H17NO6S. The normalized spacial score (nSPS) is 12.0. The predicted molar refractivity (Wildman–Crippen MR) is 117 cm³/mol. The Bertz CT molecular complexity index is 1250. The zero-order chi connectivity index (χ0) is 22.7. The number of nitrogens with one attached hydrogen (secondary N) is 1. The Hall–Kier alpha value is -3.91. The minimum Gasteiger partial charge on any atom is -0.456 e. The molecule has 2 aromatic carbocycles. The second kappa shape index (κ2) is 9.07. The first-order chi connectivity index (χ1) is 15.4. The van der Waals surface area contributed by atoms with E-state index in [2.05, 4.69) is 5.32 Å². The van der Waals surface area contributed by atoms with Gasteiger partial charge in [0.05, 0.1) is 11.3 Å². The molecule has 0 aliphatic heterocycles. The van der Waals surface area contributed by atoms with Gasteiger partial charge in [0, 0.05) is 34.4 Å². The molecule has 0 spiro atoms. The van der Waals surface area contributed by atoms with E-state index in [0.29, 0.717) is 21.7 Å². The maximum Gasteiger partial charge on any atom is 0.306 e. The van der Waals surface area contributed by atoms with E-state index in [-0.39, 0.29) is 41.3 Å². The number of rotatable bonds is 7. The van der Waals surface area contributed by atoms with Crippen LogP contribution in [0.25, 0.3) is 0 Å². The highest BCUT2D eigenvalue weighted by Crippen LogP contribution is 2.29. The molecule has 7 nitrogen and oxygen atoms in total. The summed E-state index contributed by atoms with van der Waals surface area (Å²) in [5.74, 6) is -1.96. The van der Waals surface area contributed by atoms with Crippen LogP contribution in [0.5, 0.6) is 0 Å². The zero-order valence-corrected chi connectivity index (χ0v) is 17.6. The lowest BCUT2D eigenvalue weighted by atomic mass is 9.84. The van der Waals surface area contributed by atoms with E-state index < -0.39 is 18.5 Å². The molecule has 3 aromatic rings. The van der Waals surface area contributed by atoms with Crippen molar-refractivity contribution in [1.82, 2.24) is 0 Å². The molecule has 1 aliphatic rings. The van der Waals surface area contributed by atoms with E-state index in [0.717, 1.165) is 0 Å². The minimum atomic E-state index is -0.659. The Labute approximate surface area is 187 Å². The third-order valence-electron chi connectivity index (χ3n) is 4.93. The molecule has 8 heteroatoms. The number of carbonyl (C=O) groups excluding carboxylic acids is 5. The van der Waals surface area contributed by atoms with Gasteiger partial charge in [-0.2, -0.15) is 0 Å². The molecule has 1 N–H and O–H groups in total. The highest BCUT2D eigenvalue weighted by Gasteiger charge is 2.29. The molecule has 32 heavy (non-hydrogen) atoms. The van der Waals surface area contributed by atoms with Gasteiger partial charge in [-0.3, -0.25) is 24.0 Å². The number of thiophene rings is 1. The molecule has 0 radical (unpaired) electrons. The van der Waals surface area contributed by atoms with Crippen molar-refractivity contribution in [3.8, 4) is 0 Å². The molecule has 0 bridgehead atoms. The summed E-state index contributed by atoms with van der Waals surface area (Å²) < 4.78 is 4.92. The standard InChI is InChI=1S/C24H17NO6S/c26-19(20-6-3-11-32-20)9-10-22(28)31-13-21(27)25-14-7-8-17-18(12-14)24(30)16-5-2-1-4-15(16)23(17)29/h1-8,11-12H,9-10,13H2,(H,25,27). The number of fused-ring (bicyclic) bond motifs is 2. The van der Waals surface area contributed by atoms with Crippen LogP contribution < -0.4 is 5.32 Å². The maximum atomic E-state index is 12.8. The van der Waals surface area contributed by atoms with Crippen LogP contribution >= 0.6 is 11.3 Å². The van der Waals surface area contributed by atoms with Gasteiger partial charge in [-0.05, 0) is 29.6 Å². The van der Waals surface area contributed by atoms with Crippen molar-refractivity contribution in [2.24, 2.45) is 0 Å². The van der Waals surface area contributed by atoms with E-state index in [1.807, 2.05) is 0 Å². The molecular weight excluding hydrogens is 430 g/mol. The summed E-state index contributed by atoms with van der Waals surface area (Å²) in [7, 11) is 0. The minimum absolute atomic E-state index is 0.00338. The highest BCUT2D eigenvalue weighted by molar-refractivity contribution is 7.12. The molecule has 0 fully saturated rings. The van der Waals surface area contributed by atoms with Crippen molar-refractivity contribution >= 4 is 46.3 Å². The van der Waals surface area contributed by atoms with Crippen LogP contribution in [-0.2, 0) is 14.3 Å². The van der Waals surface area contributed by atoms with Crippen LogP contribution in [-0.4, -0.2) is 35.8 Å². The summed E-state index contributed by atoms with van der Waals surface area (Å²) in [5.41, 5.74) is 1.45. The summed E-state index contributed by atoms with van der Waals surface area (Å²) in [6.07, 6.45) is -0.123. The summed E-state index contributed by atoms with van der Waals surface area (Å²) in [4.78, 5) is 61.8. The van der Waals surface area contributed by atoms with E-state index in [1.165, 1.54) is 29.5 Å². The predicted octanol–water partition coefficient (Wildman–Crippen LogP) is 3.67. The molecule has 4 rings (SSSR count). The third kappa shape index (κ3) is 4.40. The van der Waals surface area contributed by atoms with E-state index in [4.69, 9.17) is 4.74 Å². The van der Waals surface area contributed by atoms with Gasteiger partial charge >= 0.3 is 5.97 Å². The van der Waals surface area contributed by atoms with Gasteiger partial charge in [0.1, 0.15) is 0 Å². The molecule has 0 saturated carbocycles. The highest BCUT2D eigenvalue weighted by atomic mass is 32.1. The lowest BCUT2D eigenvalue weighted by Crippen LogP contribution is -2.23. The second-order valence-electron chi connectivity index (χ2n) is 7.07. The average molecular weight is 447 g/mol. The van der Waals surface area contributed by atoms with Crippen molar-refractivity contribution < 1.29 is 28.7 Å². The van der Waals surface area contributed by atoms with Gasteiger partial charge in [-0.1, -0.05) is 30.3 Å². The van der Waals surface area contributed by atoms with E-state index in [1.54, 1.807) is 41.8 Å². The summed E-state index contributed by atoms with van der Waals surface area (Å²) >= 11 is 1.30. The first kappa shape index (κ1) is 21.3. The van der Waals surface area contributed by atoms with Crippen LogP contribution in [0, 0.1) is 0 Å². The number of carbonyl (C=O) groups is 5. The van der Waals surface area contributed by atoms with Crippen LogP contribution in [0.1, 0.15) is 54.4 Å². The lowest BCUT2D eigenvalue weighted by Gasteiger charge is -2.18. The van der Waals surface area contributed by atoms with E-state index in [9.17, 15) is 24.0 Å². The summed E-state index contributed by atoms with van der Waals surface area (Å²) in [6.45, 7) is -0.529. The maximum absolute atomic E-state index is 12.8. The fourth-order valence-electron chi connectivity index (χ4n) is 3.37. The van der Waals surface area contributed by atoms with Crippen LogP contribution in [0.3, 0.4) is 0 Å². The van der Waals surface area contributed by atoms with Crippen LogP contribution in [0.4, 0.5) is 5.69 Å². The van der Waals surface area contributed by atoms with Gasteiger partial charge in [0.25, 0.3) is 5.91 Å². The molecule has 0 atom stereocenters. The lowest BCUT2D eigenvalue weighted by molar-refractivity contribution is -0.147. The topological polar surface area (TPSA) is 107 Å². The number of benzene rings is 2. The third-order valence-corrected chi connectivity index (χ3v) is 5.84. The Morgan fingerprint density at radius 3 is 2.19 bits per heavy atom. The molecule has 0 saturated heterocycles. The second-order valence-corrected chi connectivity index (χ2v) is 8.02. The molecule has 0 unspecified atom stereocenters. The number of amides is 1. The van der Waals surface area contributed by atoms with Gasteiger partial charge < -0.3 is 10.1 Å². The van der Waals surface area contributed by atoms with Crippen molar-refractivity contribution in [2.45, 2.75) is 12.8 Å². The molecule has 1 amide bonds. The van der Waals surface area contributed by atoms with Crippen molar-refractivity contribution in [3.05, 3.63) is 87.1 Å². The first-order valence-electron chi connectivity index (χ1n) is 9.78. The Morgan fingerprint density at radius 2 is 1.50 bits per heavy atom. The SMILES string of the molecule is O=C(COC(=O)CCC(=O)c1cccs1)Nc1ccc2c(c1)C(=O)c1ccccc1C2=O. The molecule has 1 aromatic heterocycles. The van der Waals surface area contributed by atoms with Crippen LogP contribution in [0.15, 0.2) is 60.0 Å². The van der Waals surface area contributed by atoms with Crippen molar-refractivity contribution in [2.75, 3.05) is 11.9 Å². The molecule has 160 valence electrons. The number of hydrogen-bond acceptors (Lipinski definition) is 7. The smallest absolute Gasteiger partial charge is 0.306 e. The quantitative estimate of drug-likeness (QED) is 0.342. The molecule has 1 aliphatic carbocycles. The summed E-state index contributed by atoms with van der Waals surface area (Å²) in [6, 6.07) is 14.4. The van der Waals surface area contributed by atoms with E-state index >= 15 is 0 Å². The Kier molecular flexibility index (Phi) is 6.04. The fraction of sp³-hybridized carbons (Fsp3) is 0.125. The monoisotopic (exact) mass is 447 g/mol. The van der Waals surface area contributed by atoms with Gasteiger partial charge in [0.2, 0.25) is 0 Å². The number of Topliss-reactive ketones (excluding diaryl/α,β-unsaturated/α-hetero) is 1. The van der Waals surface area contributed by atoms with Gasteiger partial charge in [0.15, 0.2) is 24.0 Å². The number of ether oxygens (including phenoxy) is 1. The largest absolute Gasteiger partial charge is 0.456 e. The van der Waals surface area contributed by atoms with Crippen LogP contribution in [0.2, 0.25) is 0 Å². The fourth-order valence-corrected chi connectivity index (χ4v) is 4.06. The number of esters is 1. The zero-order valence-electron chi connectivity index (χ0n) is 16.8. The average Bonchev–Trinajstić information content (AvgIpc) is 3.35.